The lowest BCUT2D eigenvalue weighted by Crippen LogP contribution is -2.40. The highest BCUT2D eigenvalue weighted by Crippen LogP contribution is 2.16. The van der Waals surface area contributed by atoms with Crippen LogP contribution in [0.3, 0.4) is 0 Å². The Labute approximate surface area is 109 Å². The number of carboxylic acids is 1. The van der Waals surface area contributed by atoms with E-state index in [1.807, 2.05) is 0 Å². The lowest BCUT2D eigenvalue weighted by Gasteiger charge is -2.12. The zero-order chi connectivity index (χ0) is 14.4. The third-order valence-electron chi connectivity index (χ3n) is 2.35. The molecule has 0 bridgehead atoms. The number of carboxylic acid groups (broad SMARTS) is 1. The molecule has 1 amide bonds. The van der Waals surface area contributed by atoms with E-state index >= 15 is 0 Å². The van der Waals surface area contributed by atoms with Crippen molar-refractivity contribution in [1.82, 2.24) is 5.32 Å². The molecule has 5 nitrogen and oxygen atoms in total. The van der Waals surface area contributed by atoms with E-state index in [-0.39, 0.29) is 17.7 Å². The molecule has 1 unspecified atom stereocenters. The minimum Gasteiger partial charge on any atom is -0.497 e. The van der Waals surface area contributed by atoms with Crippen molar-refractivity contribution in [3.8, 4) is 18.1 Å². The summed E-state index contributed by atoms with van der Waals surface area (Å²) in [6.45, 7) is 0. The van der Waals surface area contributed by atoms with Crippen molar-refractivity contribution >= 4 is 11.9 Å². The second-order valence-electron chi connectivity index (χ2n) is 3.62. The van der Waals surface area contributed by atoms with Crippen molar-refractivity contribution in [1.29, 1.82) is 0 Å². The molecule has 0 aliphatic carbocycles. The fourth-order valence-corrected chi connectivity index (χ4v) is 1.36. The molecule has 0 radical (unpaired) electrons. The minimum absolute atomic E-state index is 0.182. The lowest BCUT2D eigenvalue weighted by atomic mass is 10.1. The largest absolute Gasteiger partial charge is 0.497 e. The van der Waals surface area contributed by atoms with Crippen LogP contribution in [0.15, 0.2) is 18.2 Å². The number of carbonyl (C=O) groups is 2. The van der Waals surface area contributed by atoms with Gasteiger partial charge in [-0.25, -0.2) is 9.18 Å². The number of hydrogen-bond acceptors (Lipinski definition) is 3. The monoisotopic (exact) mass is 265 g/mol. The summed E-state index contributed by atoms with van der Waals surface area (Å²) in [7, 11) is 1.36. The molecule has 0 spiro atoms. The standard InChI is InChI=1S/C13H12FNO4/c1-3-4-11(13(17)18)15-12(16)9-6-5-8(19-2)7-10(9)14/h1,5-7,11H,4H2,2H3,(H,15,16)(H,17,18). The zero-order valence-electron chi connectivity index (χ0n) is 10.1. The van der Waals surface area contributed by atoms with Crippen molar-refractivity contribution < 1.29 is 23.8 Å². The highest BCUT2D eigenvalue weighted by molar-refractivity contribution is 5.97. The van der Waals surface area contributed by atoms with Crippen LogP contribution in [-0.4, -0.2) is 30.1 Å². The van der Waals surface area contributed by atoms with E-state index in [0.29, 0.717) is 0 Å². The van der Waals surface area contributed by atoms with Gasteiger partial charge in [0, 0.05) is 12.5 Å². The molecular formula is C13H12FNO4. The molecule has 1 atom stereocenters. The van der Waals surface area contributed by atoms with Crippen LogP contribution in [0.4, 0.5) is 4.39 Å². The summed E-state index contributed by atoms with van der Waals surface area (Å²) >= 11 is 0. The molecule has 100 valence electrons. The van der Waals surface area contributed by atoms with Gasteiger partial charge in [-0.2, -0.15) is 0 Å². The van der Waals surface area contributed by atoms with Crippen molar-refractivity contribution in [2.75, 3.05) is 7.11 Å². The number of nitrogens with one attached hydrogen (secondary N) is 1. The summed E-state index contributed by atoms with van der Waals surface area (Å²) in [6.07, 6.45) is 4.81. The summed E-state index contributed by atoms with van der Waals surface area (Å²) in [6, 6.07) is 2.39. The van der Waals surface area contributed by atoms with Crippen LogP contribution in [0, 0.1) is 18.2 Å². The predicted octanol–water partition coefficient (Wildman–Crippen LogP) is 1.04. The smallest absolute Gasteiger partial charge is 0.327 e. The van der Waals surface area contributed by atoms with Gasteiger partial charge in [0.2, 0.25) is 0 Å². The van der Waals surface area contributed by atoms with Gasteiger partial charge >= 0.3 is 5.97 Å². The SMILES string of the molecule is C#CCC(NC(=O)c1ccc(OC)cc1F)C(=O)O. The van der Waals surface area contributed by atoms with Crippen molar-refractivity contribution in [3.63, 3.8) is 0 Å². The Morgan fingerprint density at radius 1 is 1.58 bits per heavy atom. The molecule has 0 aliphatic heterocycles. The third kappa shape index (κ3) is 3.71. The van der Waals surface area contributed by atoms with Gasteiger partial charge in [0.1, 0.15) is 17.6 Å². The van der Waals surface area contributed by atoms with Gasteiger partial charge < -0.3 is 15.2 Å². The summed E-state index contributed by atoms with van der Waals surface area (Å²) in [5, 5.41) is 11.0. The molecule has 0 fully saturated rings. The molecule has 0 saturated heterocycles. The van der Waals surface area contributed by atoms with Gasteiger partial charge in [-0.3, -0.25) is 4.79 Å². The summed E-state index contributed by atoms with van der Waals surface area (Å²) in [4.78, 5) is 22.5. The number of halogens is 1. The van der Waals surface area contributed by atoms with Gasteiger partial charge in [-0.15, -0.1) is 12.3 Å². The Morgan fingerprint density at radius 3 is 2.74 bits per heavy atom. The molecule has 0 heterocycles. The number of terminal acetylenes is 1. The van der Waals surface area contributed by atoms with Crippen molar-refractivity contribution in [2.45, 2.75) is 12.5 Å². The maximum atomic E-state index is 13.6. The van der Waals surface area contributed by atoms with E-state index in [1.54, 1.807) is 0 Å². The van der Waals surface area contributed by atoms with Gasteiger partial charge in [0.15, 0.2) is 0 Å². The van der Waals surface area contributed by atoms with E-state index in [9.17, 15) is 14.0 Å². The molecule has 19 heavy (non-hydrogen) atoms. The maximum Gasteiger partial charge on any atom is 0.327 e. The molecule has 0 aromatic heterocycles. The van der Waals surface area contributed by atoms with E-state index in [2.05, 4.69) is 11.2 Å². The second kappa shape index (κ2) is 6.40. The molecule has 1 aromatic carbocycles. The lowest BCUT2D eigenvalue weighted by molar-refractivity contribution is -0.139. The molecule has 2 N–H and O–H groups in total. The van der Waals surface area contributed by atoms with Gasteiger partial charge in [0.25, 0.3) is 5.91 Å². The number of amides is 1. The number of hydrogen-bond donors (Lipinski definition) is 2. The van der Waals surface area contributed by atoms with Gasteiger partial charge in [0.05, 0.1) is 12.7 Å². The Morgan fingerprint density at radius 2 is 2.26 bits per heavy atom. The molecular weight excluding hydrogens is 253 g/mol. The maximum absolute atomic E-state index is 13.6. The van der Waals surface area contributed by atoms with E-state index in [0.717, 1.165) is 6.07 Å². The number of aliphatic carboxylic acids is 1. The van der Waals surface area contributed by atoms with E-state index in [4.69, 9.17) is 16.3 Å². The van der Waals surface area contributed by atoms with Gasteiger partial charge in [-0.05, 0) is 12.1 Å². The highest BCUT2D eigenvalue weighted by atomic mass is 19.1. The Balaban J connectivity index is 2.89. The fraction of sp³-hybridized carbons (Fsp3) is 0.231. The van der Waals surface area contributed by atoms with E-state index < -0.39 is 23.7 Å². The van der Waals surface area contributed by atoms with Crippen LogP contribution >= 0.6 is 0 Å². The third-order valence-corrected chi connectivity index (χ3v) is 2.35. The fourth-order valence-electron chi connectivity index (χ4n) is 1.36. The summed E-state index contributed by atoms with van der Waals surface area (Å²) in [5.41, 5.74) is -0.274. The normalized spacial score (nSPS) is 11.2. The van der Waals surface area contributed by atoms with Crippen LogP contribution < -0.4 is 10.1 Å². The second-order valence-corrected chi connectivity index (χ2v) is 3.62. The Hall–Kier alpha value is -2.55. The molecule has 1 rings (SSSR count). The van der Waals surface area contributed by atoms with Crippen LogP contribution in [0.5, 0.6) is 5.75 Å². The summed E-state index contributed by atoms with van der Waals surface area (Å²) < 4.78 is 18.4. The quantitative estimate of drug-likeness (QED) is 0.780. The number of carbonyl (C=O) groups excluding carboxylic acids is 1. The number of benzene rings is 1. The highest BCUT2D eigenvalue weighted by Gasteiger charge is 2.21. The molecule has 0 aliphatic rings. The van der Waals surface area contributed by atoms with Crippen molar-refractivity contribution in [3.05, 3.63) is 29.6 Å². The first-order chi connectivity index (χ1) is 8.99. The van der Waals surface area contributed by atoms with Crippen LogP contribution in [0.1, 0.15) is 16.8 Å². The first-order valence-corrected chi connectivity index (χ1v) is 5.30. The van der Waals surface area contributed by atoms with Crippen LogP contribution in [0.25, 0.3) is 0 Å². The van der Waals surface area contributed by atoms with Crippen LogP contribution in [0.2, 0.25) is 0 Å². The van der Waals surface area contributed by atoms with E-state index in [1.165, 1.54) is 19.2 Å². The average Bonchev–Trinajstić information content (AvgIpc) is 2.37. The topological polar surface area (TPSA) is 75.6 Å². The van der Waals surface area contributed by atoms with Gasteiger partial charge in [-0.1, -0.05) is 0 Å². The Bertz CT molecular complexity index is 536. The first-order valence-electron chi connectivity index (χ1n) is 5.30. The average molecular weight is 265 g/mol. The van der Waals surface area contributed by atoms with Crippen molar-refractivity contribution in [2.24, 2.45) is 0 Å². The molecule has 1 aromatic rings. The first kappa shape index (κ1) is 14.5. The molecule has 6 heteroatoms. The number of methoxy groups -OCH3 is 1. The summed E-state index contributed by atoms with van der Waals surface area (Å²) in [5.74, 6) is -0.540. The Kier molecular flexibility index (Phi) is 4.89. The predicted molar refractivity (Wildman–Crippen MR) is 65.3 cm³/mol. The number of ether oxygens (including phenoxy) is 1. The number of rotatable bonds is 5. The minimum atomic E-state index is -1.28. The zero-order valence-corrected chi connectivity index (χ0v) is 10.1. The van der Waals surface area contributed by atoms with Crippen LogP contribution in [-0.2, 0) is 4.79 Å². The molecule has 0 saturated carbocycles.